The molecule has 0 fully saturated rings. The first-order valence-corrected chi connectivity index (χ1v) is 5.53. The lowest BCUT2D eigenvalue weighted by atomic mass is 10.2. The highest BCUT2D eigenvalue weighted by atomic mass is 16.5. The first-order chi connectivity index (χ1) is 8.83. The van der Waals surface area contributed by atoms with Crippen LogP contribution in [0.3, 0.4) is 0 Å². The molecule has 0 spiro atoms. The Bertz CT molecular complexity index is 503. The molecule has 0 unspecified atom stereocenters. The van der Waals surface area contributed by atoms with Crippen molar-refractivity contribution < 1.29 is 9.47 Å². The quantitative estimate of drug-likeness (QED) is 0.874. The number of hydrogen-bond donors (Lipinski definition) is 1. The first-order valence-electron chi connectivity index (χ1n) is 5.53. The monoisotopic (exact) mass is 245 g/mol. The summed E-state index contributed by atoms with van der Waals surface area (Å²) in [7, 11) is 3.24. The number of benzene rings is 1. The molecule has 0 amide bonds. The largest absolute Gasteiger partial charge is 0.493 e. The molecule has 0 aliphatic heterocycles. The van der Waals surface area contributed by atoms with Gasteiger partial charge in [-0.2, -0.15) is 0 Å². The number of methoxy groups -OCH3 is 2. The topological polar surface area (TPSA) is 56.3 Å². The van der Waals surface area contributed by atoms with Gasteiger partial charge in [0.15, 0.2) is 11.5 Å². The lowest BCUT2D eigenvalue weighted by Gasteiger charge is -2.11. The van der Waals surface area contributed by atoms with E-state index in [1.165, 1.54) is 6.33 Å². The van der Waals surface area contributed by atoms with E-state index in [9.17, 15) is 0 Å². The zero-order chi connectivity index (χ0) is 12.8. The Hall–Kier alpha value is -2.30. The fourth-order valence-electron chi connectivity index (χ4n) is 1.57. The number of nitrogens with one attached hydrogen (secondary N) is 1. The molecular formula is C13H15N3O2. The minimum atomic E-state index is 0.663. The molecule has 1 N–H and O–H groups in total. The van der Waals surface area contributed by atoms with Gasteiger partial charge in [0.25, 0.3) is 0 Å². The minimum absolute atomic E-state index is 0.663. The van der Waals surface area contributed by atoms with Crippen molar-refractivity contribution in [3.05, 3.63) is 42.5 Å². The maximum Gasteiger partial charge on any atom is 0.162 e. The van der Waals surface area contributed by atoms with Crippen molar-refractivity contribution in [2.45, 2.75) is 6.54 Å². The first kappa shape index (κ1) is 12.2. The number of nitrogens with zero attached hydrogens (tertiary/aromatic N) is 2. The van der Waals surface area contributed by atoms with Gasteiger partial charge in [-0.05, 0) is 12.1 Å². The van der Waals surface area contributed by atoms with Gasteiger partial charge in [-0.3, -0.25) is 0 Å². The Labute approximate surface area is 106 Å². The summed E-state index contributed by atoms with van der Waals surface area (Å²) >= 11 is 0. The van der Waals surface area contributed by atoms with Crippen LogP contribution in [0.15, 0.2) is 36.9 Å². The Morgan fingerprint density at radius 1 is 1.06 bits per heavy atom. The van der Waals surface area contributed by atoms with E-state index in [-0.39, 0.29) is 0 Å². The number of hydrogen-bond acceptors (Lipinski definition) is 5. The van der Waals surface area contributed by atoms with E-state index in [1.807, 2.05) is 18.2 Å². The van der Waals surface area contributed by atoms with Gasteiger partial charge in [-0.1, -0.05) is 0 Å². The molecular weight excluding hydrogens is 230 g/mol. The minimum Gasteiger partial charge on any atom is -0.493 e. The Kier molecular flexibility index (Phi) is 3.96. The van der Waals surface area contributed by atoms with Gasteiger partial charge < -0.3 is 14.8 Å². The van der Waals surface area contributed by atoms with Gasteiger partial charge in [-0.25, -0.2) is 9.97 Å². The number of aromatic nitrogens is 2. The molecule has 18 heavy (non-hydrogen) atoms. The Morgan fingerprint density at radius 2 is 1.78 bits per heavy atom. The molecule has 0 atom stereocenters. The van der Waals surface area contributed by atoms with Crippen molar-refractivity contribution in [2.24, 2.45) is 0 Å². The number of ether oxygens (including phenoxy) is 2. The average Bonchev–Trinajstić information content (AvgIpc) is 2.45. The van der Waals surface area contributed by atoms with Crippen LogP contribution in [0.4, 0.5) is 5.69 Å². The summed E-state index contributed by atoms with van der Waals surface area (Å²) in [5.41, 5.74) is 1.98. The third-order valence-electron chi connectivity index (χ3n) is 2.49. The van der Waals surface area contributed by atoms with Crippen molar-refractivity contribution in [3.63, 3.8) is 0 Å². The molecule has 0 saturated heterocycles. The van der Waals surface area contributed by atoms with Crippen LogP contribution >= 0.6 is 0 Å². The summed E-state index contributed by atoms with van der Waals surface area (Å²) in [6.45, 7) is 0.663. The summed E-state index contributed by atoms with van der Waals surface area (Å²) in [6.07, 6.45) is 5.07. The lowest BCUT2D eigenvalue weighted by Crippen LogP contribution is -2.01. The second kappa shape index (κ2) is 5.86. The fraction of sp³-hybridized carbons (Fsp3) is 0.231. The molecule has 0 bridgehead atoms. The summed E-state index contributed by atoms with van der Waals surface area (Å²) in [5.74, 6) is 1.41. The molecule has 2 aromatic rings. The predicted octanol–water partition coefficient (Wildman–Crippen LogP) is 2.11. The number of anilines is 1. The highest BCUT2D eigenvalue weighted by Crippen LogP contribution is 2.29. The molecule has 0 aliphatic rings. The zero-order valence-corrected chi connectivity index (χ0v) is 10.4. The van der Waals surface area contributed by atoms with Crippen LogP contribution in [0.25, 0.3) is 0 Å². The van der Waals surface area contributed by atoms with E-state index < -0.39 is 0 Å². The van der Waals surface area contributed by atoms with Gasteiger partial charge in [0.1, 0.15) is 6.33 Å². The third kappa shape index (κ3) is 2.88. The van der Waals surface area contributed by atoms with Crippen LogP contribution in [-0.2, 0) is 6.54 Å². The SMILES string of the molecule is COc1ccc(NCc2cncnc2)cc1OC. The highest BCUT2D eigenvalue weighted by molar-refractivity contribution is 5.54. The second-order valence-corrected chi connectivity index (χ2v) is 3.67. The number of rotatable bonds is 5. The van der Waals surface area contributed by atoms with Crippen LogP contribution < -0.4 is 14.8 Å². The fourth-order valence-corrected chi connectivity index (χ4v) is 1.57. The van der Waals surface area contributed by atoms with Crippen molar-refractivity contribution in [2.75, 3.05) is 19.5 Å². The summed E-state index contributed by atoms with van der Waals surface area (Å²) in [5, 5.41) is 3.27. The summed E-state index contributed by atoms with van der Waals surface area (Å²) in [4.78, 5) is 7.92. The lowest BCUT2D eigenvalue weighted by molar-refractivity contribution is 0.355. The van der Waals surface area contributed by atoms with Crippen molar-refractivity contribution >= 4 is 5.69 Å². The van der Waals surface area contributed by atoms with Crippen molar-refractivity contribution in [1.82, 2.24) is 9.97 Å². The maximum absolute atomic E-state index is 5.24. The van der Waals surface area contributed by atoms with Crippen LogP contribution in [0.2, 0.25) is 0 Å². The van der Waals surface area contributed by atoms with Crippen LogP contribution in [0, 0.1) is 0 Å². The van der Waals surface area contributed by atoms with Gasteiger partial charge in [0.2, 0.25) is 0 Å². The summed E-state index contributed by atoms with van der Waals surface area (Å²) in [6, 6.07) is 5.69. The van der Waals surface area contributed by atoms with Crippen molar-refractivity contribution in [3.8, 4) is 11.5 Å². The van der Waals surface area contributed by atoms with Crippen molar-refractivity contribution in [1.29, 1.82) is 0 Å². The average molecular weight is 245 g/mol. The smallest absolute Gasteiger partial charge is 0.162 e. The third-order valence-corrected chi connectivity index (χ3v) is 2.49. The van der Waals surface area contributed by atoms with Crippen LogP contribution in [0.5, 0.6) is 11.5 Å². The van der Waals surface area contributed by atoms with Gasteiger partial charge in [0, 0.05) is 36.3 Å². The van der Waals surface area contributed by atoms with Gasteiger partial charge in [0.05, 0.1) is 14.2 Å². The maximum atomic E-state index is 5.24. The molecule has 0 radical (unpaired) electrons. The van der Waals surface area contributed by atoms with E-state index in [1.54, 1.807) is 26.6 Å². The van der Waals surface area contributed by atoms with Crippen LogP contribution in [0.1, 0.15) is 5.56 Å². The second-order valence-electron chi connectivity index (χ2n) is 3.67. The molecule has 1 heterocycles. The molecule has 0 aliphatic carbocycles. The Morgan fingerprint density at radius 3 is 2.44 bits per heavy atom. The molecule has 94 valence electrons. The van der Waals surface area contributed by atoms with Gasteiger partial charge >= 0.3 is 0 Å². The zero-order valence-electron chi connectivity index (χ0n) is 10.4. The normalized spacial score (nSPS) is 9.89. The molecule has 5 heteroatoms. The molecule has 2 rings (SSSR count). The van der Waals surface area contributed by atoms with E-state index in [4.69, 9.17) is 9.47 Å². The molecule has 1 aromatic heterocycles. The standard InChI is InChI=1S/C13H15N3O2/c1-17-12-4-3-11(5-13(12)18-2)16-8-10-6-14-9-15-7-10/h3-7,9,16H,8H2,1-2H3. The van der Waals surface area contributed by atoms with E-state index >= 15 is 0 Å². The molecule has 0 saturated carbocycles. The predicted molar refractivity (Wildman–Crippen MR) is 68.9 cm³/mol. The van der Waals surface area contributed by atoms with E-state index in [0.29, 0.717) is 18.0 Å². The molecule has 5 nitrogen and oxygen atoms in total. The molecule has 1 aromatic carbocycles. The highest BCUT2D eigenvalue weighted by Gasteiger charge is 2.04. The van der Waals surface area contributed by atoms with E-state index in [2.05, 4.69) is 15.3 Å². The Balaban J connectivity index is 2.06. The van der Waals surface area contributed by atoms with Crippen LogP contribution in [-0.4, -0.2) is 24.2 Å². The van der Waals surface area contributed by atoms with E-state index in [0.717, 1.165) is 11.3 Å². The summed E-state index contributed by atoms with van der Waals surface area (Å²) < 4.78 is 10.4. The van der Waals surface area contributed by atoms with Gasteiger partial charge in [-0.15, -0.1) is 0 Å².